The van der Waals surface area contributed by atoms with Gasteiger partial charge in [-0.1, -0.05) is 12.1 Å². The summed E-state index contributed by atoms with van der Waals surface area (Å²) in [5.41, 5.74) is 1.47. The Labute approximate surface area is 121 Å². The summed E-state index contributed by atoms with van der Waals surface area (Å²) in [6.07, 6.45) is -0.732. The second-order valence-corrected chi connectivity index (χ2v) is 4.59. The van der Waals surface area contributed by atoms with E-state index in [0.29, 0.717) is 11.3 Å². The molecule has 1 aromatic heterocycles. The SMILES string of the molecule is COc1ccc(N(C)c2nc(F)nc3ccccc23)cc1. The minimum absolute atomic E-state index is 0.531. The van der Waals surface area contributed by atoms with Gasteiger partial charge in [0.25, 0.3) is 0 Å². The number of fused-ring (bicyclic) bond motifs is 1. The molecule has 0 radical (unpaired) electrons. The van der Waals surface area contributed by atoms with E-state index in [9.17, 15) is 4.39 Å². The standard InChI is InChI=1S/C16H14FN3O/c1-20(11-7-9-12(21-2)10-8-11)15-13-5-3-4-6-14(13)18-16(17)19-15/h3-10H,1-2H3. The van der Waals surface area contributed by atoms with Crippen LogP contribution in [0.2, 0.25) is 0 Å². The van der Waals surface area contributed by atoms with Crippen LogP contribution in [0.25, 0.3) is 10.9 Å². The lowest BCUT2D eigenvalue weighted by Crippen LogP contribution is -2.13. The van der Waals surface area contributed by atoms with Crippen LogP contribution in [0, 0.1) is 6.08 Å². The molecule has 0 atom stereocenters. The number of nitrogens with zero attached hydrogens (tertiary/aromatic N) is 3. The van der Waals surface area contributed by atoms with E-state index in [1.54, 1.807) is 13.2 Å². The normalized spacial score (nSPS) is 10.6. The summed E-state index contributed by atoms with van der Waals surface area (Å²) < 4.78 is 18.8. The number of aromatic nitrogens is 2. The average molecular weight is 283 g/mol. The van der Waals surface area contributed by atoms with Crippen molar-refractivity contribution in [2.24, 2.45) is 0 Å². The second-order valence-electron chi connectivity index (χ2n) is 4.59. The summed E-state index contributed by atoms with van der Waals surface area (Å²) in [7, 11) is 3.46. The number of benzene rings is 2. The minimum Gasteiger partial charge on any atom is -0.497 e. The van der Waals surface area contributed by atoms with Crippen LogP contribution in [-0.4, -0.2) is 24.1 Å². The number of halogens is 1. The van der Waals surface area contributed by atoms with Gasteiger partial charge in [0, 0.05) is 18.1 Å². The second kappa shape index (κ2) is 5.36. The molecule has 0 N–H and O–H groups in total. The highest BCUT2D eigenvalue weighted by Gasteiger charge is 2.12. The molecule has 5 heteroatoms. The lowest BCUT2D eigenvalue weighted by Gasteiger charge is -2.20. The van der Waals surface area contributed by atoms with Gasteiger partial charge >= 0.3 is 6.08 Å². The van der Waals surface area contributed by atoms with Crippen LogP contribution < -0.4 is 9.64 Å². The summed E-state index contributed by atoms with van der Waals surface area (Å²) in [6, 6.07) is 14.9. The highest BCUT2D eigenvalue weighted by molar-refractivity contribution is 5.91. The van der Waals surface area contributed by atoms with Crippen molar-refractivity contribution >= 4 is 22.4 Å². The number of hydrogen-bond donors (Lipinski definition) is 0. The van der Waals surface area contributed by atoms with E-state index >= 15 is 0 Å². The van der Waals surface area contributed by atoms with Crippen molar-refractivity contribution in [1.29, 1.82) is 0 Å². The fourth-order valence-corrected chi connectivity index (χ4v) is 2.22. The van der Waals surface area contributed by atoms with Crippen molar-refractivity contribution in [1.82, 2.24) is 9.97 Å². The maximum absolute atomic E-state index is 13.6. The van der Waals surface area contributed by atoms with Crippen molar-refractivity contribution in [3.05, 3.63) is 54.6 Å². The molecule has 0 amide bonds. The van der Waals surface area contributed by atoms with Crippen molar-refractivity contribution in [2.75, 3.05) is 19.1 Å². The molecule has 1 heterocycles. The third kappa shape index (κ3) is 2.50. The maximum atomic E-state index is 13.6. The van der Waals surface area contributed by atoms with E-state index in [4.69, 9.17) is 4.74 Å². The van der Waals surface area contributed by atoms with Crippen molar-refractivity contribution in [2.45, 2.75) is 0 Å². The van der Waals surface area contributed by atoms with Crippen molar-refractivity contribution < 1.29 is 9.13 Å². The average Bonchev–Trinajstić information content (AvgIpc) is 2.53. The lowest BCUT2D eigenvalue weighted by molar-refractivity contribution is 0.415. The number of para-hydroxylation sites is 1. The first kappa shape index (κ1) is 13.3. The van der Waals surface area contributed by atoms with Crippen molar-refractivity contribution in [3.63, 3.8) is 0 Å². The Kier molecular flexibility index (Phi) is 3.39. The molecule has 2 aromatic carbocycles. The van der Waals surface area contributed by atoms with Crippen LogP contribution >= 0.6 is 0 Å². The third-order valence-corrected chi connectivity index (χ3v) is 3.33. The van der Waals surface area contributed by atoms with E-state index in [-0.39, 0.29) is 0 Å². The third-order valence-electron chi connectivity index (χ3n) is 3.33. The summed E-state index contributed by atoms with van der Waals surface area (Å²) in [4.78, 5) is 9.58. The number of rotatable bonds is 3. The molecule has 0 bridgehead atoms. The topological polar surface area (TPSA) is 38.2 Å². The maximum Gasteiger partial charge on any atom is 0.311 e. The Morgan fingerprint density at radius 3 is 2.43 bits per heavy atom. The molecule has 0 aliphatic rings. The Bertz CT molecular complexity index is 774. The van der Waals surface area contributed by atoms with Gasteiger partial charge in [0.1, 0.15) is 11.6 Å². The predicted molar refractivity (Wildman–Crippen MR) is 80.6 cm³/mol. The number of ether oxygens (including phenoxy) is 1. The molecule has 21 heavy (non-hydrogen) atoms. The first-order valence-electron chi connectivity index (χ1n) is 6.49. The molecular formula is C16H14FN3O. The Morgan fingerprint density at radius 1 is 1.00 bits per heavy atom. The first-order valence-corrected chi connectivity index (χ1v) is 6.49. The van der Waals surface area contributed by atoms with E-state index in [1.165, 1.54) is 0 Å². The van der Waals surface area contributed by atoms with E-state index in [1.807, 2.05) is 54.4 Å². The van der Waals surface area contributed by atoms with Gasteiger partial charge in [0.15, 0.2) is 0 Å². The van der Waals surface area contributed by atoms with Gasteiger partial charge in [-0.15, -0.1) is 0 Å². The molecule has 3 aromatic rings. The lowest BCUT2D eigenvalue weighted by atomic mass is 10.2. The zero-order valence-electron chi connectivity index (χ0n) is 11.7. The quantitative estimate of drug-likeness (QED) is 0.689. The van der Waals surface area contributed by atoms with Crippen LogP contribution in [0.3, 0.4) is 0 Å². The Balaban J connectivity index is 2.09. The van der Waals surface area contributed by atoms with Gasteiger partial charge in [-0.05, 0) is 36.4 Å². The smallest absolute Gasteiger partial charge is 0.311 e. The fourth-order valence-electron chi connectivity index (χ4n) is 2.22. The number of hydrogen-bond acceptors (Lipinski definition) is 4. The number of methoxy groups -OCH3 is 1. The van der Waals surface area contributed by atoms with E-state index in [0.717, 1.165) is 16.8 Å². The van der Waals surface area contributed by atoms with Gasteiger partial charge in [-0.3, -0.25) is 0 Å². The van der Waals surface area contributed by atoms with E-state index < -0.39 is 6.08 Å². The van der Waals surface area contributed by atoms with Gasteiger partial charge in [-0.25, -0.2) is 4.98 Å². The monoisotopic (exact) mass is 283 g/mol. The summed E-state index contributed by atoms with van der Waals surface area (Å²) in [6.45, 7) is 0. The molecule has 0 saturated carbocycles. The molecule has 0 unspecified atom stereocenters. The fraction of sp³-hybridized carbons (Fsp3) is 0.125. The molecule has 0 aliphatic heterocycles. The summed E-state index contributed by atoms with van der Waals surface area (Å²) in [5.74, 6) is 1.30. The van der Waals surface area contributed by atoms with Crippen LogP contribution in [-0.2, 0) is 0 Å². The Hall–Kier alpha value is -2.69. The molecule has 0 aliphatic carbocycles. The summed E-state index contributed by atoms with van der Waals surface area (Å²) in [5, 5.41) is 0.803. The minimum atomic E-state index is -0.732. The van der Waals surface area contributed by atoms with Crippen LogP contribution in [0.4, 0.5) is 15.9 Å². The van der Waals surface area contributed by atoms with Crippen molar-refractivity contribution in [3.8, 4) is 5.75 Å². The molecule has 106 valence electrons. The zero-order valence-corrected chi connectivity index (χ0v) is 11.7. The van der Waals surface area contributed by atoms with Crippen LogP contribution in [0.15, 0.2) is 48.5 Å². The molecule has 3 rings (SSSR count). The molecule has 0 saturated heterocycles. The number of anilines is 2. The van der Waals surface area contributed by atoms with Gasteiger partial charge < -0.3 is 9.64 Å². The summed E-state index contributed by atoms with van der Waals surface area (Å²) >= 11 is 0. The Morgan fingerprint density at radius 2 is 1.71 bits per heavy atom. The van der Waals surface area contributed by atoms with E-state index in [2.05, 4.69) is 9.97 Å². The molecular weight excluding hydrogens is 269 g/mol. The molecule has 0 spiro atoms. The highest BCUT2D eigenvalue weighted by Crippen LogP contribution is 2.29. The van der Waals surface area contributed by atoms with Gasteiger partial charge in [0.2, 0.25) is 0 Å². The molecule has 0 fully saturated rings. The first-order chi connectivity index (χ1) is 10.2. The van der Waals surface area contributed by atoms with Gasteiger partial charge in [0.05, 0.1) is 12.6 Å². The molecule has 4 nitrogen and oxygen atoms in total. The predicted octanol–water partition coefficient (Wildman–Crippen LogP) is 3.55. The van der Waals surface area contributed by atoms with Gasteiger partial charge in [-0.2, -0.15) is 9.37 Å². The van der Waals surface area contributed by atoms with Crippen LogP contribution in [0.1, 0.15) is 0 Å². The zero-order chi connectivity index (χ0) is 14.8. The van der Waals surface area contributed by atoms with Crippen LogP contribution in [0.5, 0.6) is 5.75 Å². The highest BCUT2D eigenvalue weighted by atomic mass is 19.1. The largest absolute Gasteiger partial charge is 0.497 e.